The van der Waals surface area contributed by atoms with E-state index in [0.717, 1.165) is 11.3 Å². The smallest absolute Gasteiger partial charge is 0.257 e. The van der Waals surface area contributed by atoms with E-state index in [1.165, 1.54) is 0 Å². The van der Waals surface area contributed by atoms with E-state index in [1.807, 2.05) is 60.7 Å². The number of nitrogens with zero attached hydrogens (tertiary/aromatic N) is 1. The first-order valence-corrected chi connectivity index (χ1v) is 9.07. The van der Waals surface area contributed by atoms with Crippen molar-refractivity contribution in [3.63, 3.8) is 0 Å². The Morgan fingerprint density at radius 1 is 0.708 bits per heavy atom. The lowest BCUT2D eigenvalue weighted by Gasteiger charge is -2.25. The molecule has 0 unspecified atom stereocenters. The fourth-order valence-electron chi connectivity index (χ4n) is 2.35. The number of hydrogen-bond acceptors (Lipinski definition) is 3. The zero-order valence-corrected chi connectivity index (χ0v) is 13.9. The third-order valence-corrected chi connectivity index (χ3v) is 4.89. The van der Waals surface area contributed by atoms with E-state index in [9.17, 15) is 8.42 Å². The van der Waals surface area contributed by atoms with Crippen LogP contribution in [-0.4, -0.2) is 8.42 Å². The number of para-hydroxylation sites is 1. The van der Waals surface area contributed by atoms with Crippen LogP contribution in [0.5, 0.6) is 0 Å². The largest absolute Gasteiger partial charge is 0.290 e. The van der Waals surface area contributed by atoms with E-state index < -0.39 is 10.0 Å². The summed E-state index contributed by atoms with van der Waals surface area (Å²) in [7, 11) is -3.65. The zero-order chi connectivity index (χ0) is 16.8. The Morgan fingerprint density at radius 3 is 1.79 bits per heavy atom. The van der Waals surface area contributed by atoms with Crippen molar-refractivity contribution < 1.29 is 8.42 Å². The van der Waals surface area contributed by atoms with Gasteiger partial charge in [-0.1, -0.05) is 66.7 Å². The van der Waals surface area contributed by atoms with Gasteiger partial charge in [-0.05, 0) is 29.8 Å². The van der Waals surface area contributed by atoms with Crippen molar-refractivity contribution in [3.05, 3.63) is 96.6 Å². The number of nitrogens with one attached hydrogen (secondary N) is 1. The molecule has 3 aromatic rings. The summed E-state index contributed by atoms with van der Waals surface area (Å²) in [5.41, 5.74) is 1.79. The molecule has 0 aromatic heterocycles. The van der Waals surface area contributed by atoms with Crippen LogP contribution in [0.15, 0.2) is 95.9 Å². The van der Waals surface area contributed by atoms with Gasteiger partial charge in [-0.3, -0.25) is 5.01 Å². The maximum atomic E-state index is 12.7. The van der Waals surface area contributed by atoms with E-state index in [-0.39, 0.29) is 4.90 Å². The number of rotatable bonds is 6. The number of hydrazine groups is 1. The topological polar surface area (TPSA) is 49.4 Å². The number of hydrogen-bond donors (Lipinski definition) is 1. The first-order chi connectivity index (χ1) is 11.6. The summed E-state index contributed by atoms with van der Waals surface area (Å²) in [5, 5.41) is 1.64. The van der Waals surface area contributed by atoms with Gasteiger partial charge in [0, 0.05) is 0 Å². The summed E-state index contributed by atoms with van der Waals surface area (Å²) in [5.74, 6) is 0. The molecule has 0 bridgehead atoms. The van der Waals surface area contributed by atoms with Crippen LogP contribution in [-0.2, 0) is 16.6 Å². The highest BCUT2D eigenvalue weighted by Crippen LogP contribution is 2.17. The van der Waals surface area contributed by atoms with Crippen LogP contribution in [0.2, 0.25) is 0 Å². The van der Waals surface area contributed by atoms with Crippen molar-refractivity contribution in [2.24, 2.45) is 0 Å². The van der Waals surface area contributed by atoms with E-state index in [0.29, 0.717) is 6.54 Å². The van der Waals surface area contributed by atoms with Crippen molar-refractivity contribution in [1.82, 2.24) is 4.83 Å². The minimum atomic E-state index is -3.65. The van der Waals surface area contributed by atoms with E-state index in [1.54, 1.807) is 35.3 Å². The van der Waals surface area contributed by atoms with Gasteiger partial charge in [0.2, 0.25) is 0 Å². The second-order valence-corrected chi connectivity index (χ2v) is 6.98. The molecule has 0 fully saturated rings. The van der Waals surface area contributed by atoms with Gasteiger partial charge >= 0.3 is 0 Å². The van der Waals surface area contributed by atoms with Gasteiger partial charge in [-0.25, -0.2) is 8.42 Å². The summed E-state index contributed by atoms with van der Waals surface area (Å²) >= 11 is 0. The minimum Gasteiger partial charge on any atom is -0.290 e. The predicted molar refractivity (Wildman–Crippen MR) is 95.8 cm³/mol. The van der Waals surface area contributed by atoms with Gasteiger partial charge in [-0.2, -0.15) is 0 Å². The number of sulfonamides is 1. The van der Waals surface area contributed by atoms with Crippen LogP contribution < -0.4 is 9.84 Å². The molecule has 122 valence electrons. The molecule has 5 heteroatoms. The molecule has 0 atom stereocenters. The molecule has 24 heavy (non-hydrogen) atoms. The average molecular weight is 338 g/mol. The lowest BCUT2D eigenvalue weighted by Crippen LogP contribution is -2.41. The minimum absolute atomic E-state index is 0.235. The lowest BCUT2D eigenvalue weighted by molar-refractivity contribution is 0.575. The van der Waals surface area contributed by atoms with Crippen LogP contribution in [0.3, 0.4) is 0 Å². The number of anilines is 1. The highest BCUT2D eigenvalue weighted by Gasteiger charge is 2.18. The second-order valence-electron chi connectivity index (χ2n) is 5.32. The summed E-state index contributed by atoms with van der Waals surface area (Å²) in [6, 6.07) is 27.5. The van der Waals surface area contributed by atoms with Crippen LogP contribution in [0.25, 0.3) is 0 Å². The molecule has 1 N–H and O–H groups in total. The molecule has 0 saturated heterocycles. The van der Waals surface area contributed by atoms with Crippen molar-refractivity contribution in [2.75, 3.05) is 5.01 Å². The maximum absolute atomic E-state index is 12.7. The zero-order valence-electron chi connectivity index (χ0n) is 13.0. The Kier molecular flexibility index (Phi) is 4.93. The second kappa shape index (κ2) is 7.29. The van der Waals surface area contributed by atoms with Crippen LogP contribution in [0.1, 0.15) is 5.56 Å². The molecular formula is C19H18N2O2S. The Labute approximate surface area is 142 Å². The molecule has 0 radical (unpaired) electrons. The molecule has 4 nitrogen and oxygen atoms in total. The van der Waals surface area contributed by atoms with Crippen molar-refractivity contribution in [3.8, 4) is 0 Å². The van der Waals surface area contributed by atoms with Gasteiger partial charge in [0.25, 0.3) is 10.0 Å². The Hall–Kier alpha value is -2.63. The molecule has 3 rings (SSSR count). The SMILES string of the molecule is O=S(=O)(NN(Cc1ccccc1)c1ccccc1)c1ccccc1. The quantitative estimate of drug-likeness (QED) is 0.699. The van der Waals surface area contributed by atoms with E-state index in [2.05, 4.69) is 4.83 Å². The fourth-order valence-corrected chi connectivity index (χ4v) is 3.43. The lowest BCUT2D eigenvalue weighted by atomic mass is 10.2. The summed E-state index contributed by atoms with van der Waals surface area (Å²) in [4.78, 5) is 2.92. The molecule has 3 aromatic carbocycles. The molecule has 0 amide bonds. The van der Waals surface area contributed by atoms with E-state index >= 15 is 0 Å². The van der Waals surface area contributed by atoms with Crippen molar-refractivity contribution in [1.29, 1.82) is 0 Å². The van der Waals surface area contributed by atoms with Crippen LogP contribution >= 0.6 is 0 Å². The van der Waals surface area contributed by atoms with Gasteiger partial charge in [0.15, 0.2) is 0 Å². The summed E-state index contributed by atoms with van der Waals surface area (Å²) < 4.78 is 25.3. The third-order valence-electron chi connectivity index (χ3n) is 3.54. The number of benzene rings is 3. The standard InChI is InChI=1S/C19H18N2O2S/c22-24(23,19-14-8-3-9-15-19)20-21(18-12-6-2-7-13-18)16-17-10-4-1-5-11-17/h1-15,20H,16H2. The Bertz CT molecular complexity index is 867. The molecule has 0 spiro atoms. The van der Waals surface area contributed by atoms with Crippen LogP contribution in [0.4, 0.5) is 5.69 Å². The Balaban J connectivity index is 1.91. The van der Waals surface area contributed by atoms with Gasteiger partial charge in [-0.15, -0.1) is 4.83 Å². The summed E-state index contributed by atoms with van der Waals surface area (Å²) in [6.07, 6.45) is 0. The van der Waals surface area contributed by atoms with Gasteiger partial charge < -0.3 is 0 Å². The van der Waals surface area contributed by atoms with Crippen molar-refractivity contribution in [2.45, 2.75) is 11.4 Å². The van der Waals surface area contributed by atoms with Crippen LogP contribution in [0, 0.1) is 0 Å². The average Bonchev–Trinajstić information content (AvgIpc) is 2.63. The van der Waals surface area contributed by atoms with E-state index in [4.69, 9.17) is 0 Å². The van der Waals surface area contributed by atoms with Gasteiger partial charge in [0.05, 0.1) is 17.1 Å². The van der Waals surface area contributed by atoms with Gasteiger partial charge in [0.1, 0.15) is 0 Å². The highest BCUT2D eigenvalue weighted by molar-refractivity contribution is 7.89. The maximum Gasteiger partial charge on any atom is 0.257 e. The third kappa shape index (κ3) is 4.01. The molecule has 0 saturated carbocycles. The first kappa shape index (κ1) is 16.2. The first-order valence-electron chi connectivity index (χ1n) is 7.59. The molecular weight excluding hydrogens is 320 g/mol. The normalized spacial score (nSPS) is 11.2. The van der Waals surface area contributed by atoms with Crippen molar-refractivity contribution >= 4 is 15.7 Å². The fraction of sp³-hybridized carbons (Fsp3) is 0.0526. The molecule has 0 aliphatic rings. The predicted octanol–water partition coefficient (Wildman–Crippen LogP) is 3.59. The highest BCUT2D eigenvalue weighted by atomic mass is 32.2. The molecule has 0 heterocycles. The Morgan fingerprint density at radius 2 is 1.21 bits per heavy atom. The summed E-state index contributed by atoms with van der Waals surface area (Å²) in [6.45, 7) is 0.427. The molecule has 0 aliphatic carbocycles. The monoisotopic (exact) mass is 338 g/mol. The molecule has 0 aliphatic heterocycles.